The highest BCUT2D eigenvalue weighted by molar-refractivity contribution is 8.99. The maximum absolute atomic E-state index is 6.81. The van der Waals surface area contributed by atoms with E-state index in [2.05, 4.69) is 40.5 Å². The minimum absolute atomic E-state index is 0.199. The third-order valence-corrected chi connectivity index (χ3v) is 14.5. The fourth-order valence-electron chi connectivity index (χ4n) is 3.12. The molecule has 0 aliphatic rings. The van der Waals surface area contributed by atoms with Crippen LogP contribution >= 0.6 is 27.4 Å². The van der Waals surface area contributed by atoms with E-state index < -0.39 is 4.67 Å². The SMILES string of the molecule is C=CCC(CCCC)OP(=S)(SC(CC=C)CCCC)SC(CC=C)CCCC. The molecule has 29 heavy (non-hydrogen) atoms. The monoisotopic (exact) mass is 476 g/mol. The predicted octanol–water partition coefficient (Wildman–Crippen LogP) is 10.1. The van der Waals surface area contributed by atoms with Crippen molar-refractivity contribution >= 4 is 39.2 Å². The van der Waals surface area contributed by atoms with Crippen molar-refractivity contribution in [1.29, 1.82) is 0 Å². The first kappa shape index (κ1) is 29.5. The summed E-state index contributed by atoms with van der Waals surface area (Å²) in [5, 5.41) is 1.02. The highest BCUT2D eigenvalue weighted by atomic mass is 33.2. The molecule has 0 N–H and O–H groups in total. The summed E-state index contributed by atoms with van der Waals surface area (Å²) in [6, 6.07) is 0. The molecule has 0 heterocycles. The van der Waals surface area contributed by atoms with Crippen molar-refractivity contribution < 1.29 is 4.52 Å². The van der Waals surface area contributed by atoms with Crippen molar-refractivity contribution in [3.8, 4) is 0 Å². The van der Waals surface area contributed by atoms with E-state index in [0.717, 1.165) is 25.7 Å². The molecule has 0 aromatic rings. The van der Waals surface area contributed by atoms with Crippen LogP contribution in [-0.4, -0.2) is 16.6 Å². The van der Waals surface area contributed by atoms with Gasteiger partial charge in [-0.2, -0.15) is 0 Å². The molecule has 5 heteroatoms. The van der Waals surface area contributed by atoms with E-state index in [9.17, 15) is 0 Å². The highest BCUT2D eigenvalue weighted by Gasteiger charge is 2.30. The molecule has 0 fully saturated rings. The van der Waals surface area contributed by atoms with E-state index in [0.29, 0.717) is 10.5 Å². The van der Waals surface area contributed by atoms with E-state index in [1.165, 1.54) is 51.4 Å². The molecule has 0 amide bonds. The van der Waals surface area contributed by atoms with Gasteiger partial charge in [0.05, 0.1) is 6.10 Å². The van der Waals surface area contributed by atoms with Gasteiger partial charge in [0.2, 0.25) is 0 Å². The molecule has 3 unspecified atom stereocenters. The first-order chi connectivity index (χ1) is 14.0. The summed E-state index contributed by atoms with van der Waals surface area (Å²) in [5.74, 6) is 0. The lowest BCUT2D eigenvalue weighted by molar-refractivity contribution is 0.222. The normalized spacial score (nSPS) is 16.5. The fourth-order valence-corrected chi connectivity index (χ4v) is 15.3. The Morgan fingerprint density at radius 3 is 1.55 bits per heavy atom. The topological polar surface area (TPSA) is 9.23 Å². The van der Waals surface area contributed by atoms with Gasteiger partial charge >= 0.3 is 0 Å². The van der Waals surface area contributed by atoms with Crippen LogP contribution in [0.4, 0.5) is 0 Å². The molecule has 0 saturated heterocycles. The van der Waals surface area contributed by atoms with Crippen molar-refractivity contribution in [2.45, 2.75) is 114 Å². The molecule has 170 valence electrons. The quantitative estimate of drug-likeness (QED) is 0.120. The number of allylic oxidation sites excluding steroid dienone is 2. The third kappa shape index (κ3) is 15.0. The minimum atomic E-state index is -2.07. The molecule has 0 aliphatic carbocycles. The van der Waals surface area contributed by atoms with Crippen LogP contribution in [0.25, 0.3) is 0 Å². The minimum Gasteiger partial charge on any atom is -0.330 e. The number of hydrogen-bond acceptors (Lipinski definition) is 4. The van der Waals surface area contributed by atoms with Crippen LogP contribution in [0.2, 0.25) is 0 Å². The maximum Gasteiger partial charge on any atom is 0.175 e. The standard InChI is InChI=1S/C24H45OPS3/c1-7-13-19-22(16-10-4)25-26(27,28-23(17-11-5)20-14-8-2)29-24(18-12-6)21-15-9-3/h10-12,22-24H,4-9,13-21H2,1-3H3. The second-order valence-electron chi connectivity index (χ2n) is 7.63. The first-order valence-electron chi connectivity index (χ1n) is 11.5. The molecular weight excluding hydrogens is 431 g/mol. The molecule has 0 saturated carbocycles. The molecular formula is C24H45OPS3. The van der Waals surface area contributed by atoms with Gasteiger partial charge in [-0.1, -0.05) is 100 Å². The van der Waals surface area contributed by atoms with Crippen molar-refractivity contribution in [3.63, 3.8) is 0 Å². The van der Waals surface area contributed by atoms with Crippen molar-refractivity contribution in [2.75, 3.05) is 0 Å². The average molecular weight is 477 g/mol. The number of unbranched alkanes of at least 4 members (excludes halogenated alkanes) is 3. The molecule has 0 bridgehead atoms. The lowest BCUT2D eigenvalue weighted by Gasteiger charge is -2.32. The Kier molecular flexibility index (Phi) is 19.6. The number of hydrogen-bond donors (Lipinski definition) is 0. The molecule has 0 aliphatic heterocycles. The summed E-state index contributed by atoms with van der Waals surface area (Å²) >= 11 is 10.3. The van der Waals surface area contributed by atoms with Crippen LogP contribution in [0.3, 0.4) is 0 Å². The Morgan fingerprint density at radius 2 is 1.17 bits per heavy atom. The second kappa shape index (κ2) is 19.2. The summed E-state index contributed by atoms with van der Waals surface area (Å²) < 4.78 is 4.73. The van der Waals surface area contributed by atoms with Gasteiger partial charge in [-0.05, 0) is 50.3 Å². The van der Waals surface area contributed by atoms with E-state index in [-0.39, 0.29) is 6.10 Å². The summed E-state index contributed by atoms with van der Waals surface area (Å²) in [5.41, 5.74) is 0. The smallest absolute Gasteiger partial charge is 0.175 e. The lowest BCUT2D eigenvalue weighted by atomic mass is 10.1. The van der Waals surface area contributed by atoms with E-state index in [1.807, 2.05) is 41.0 Å². The molecule has 0 radical (unpaired) electrons. The number of rotatable bonds is 21. The van der Waals surface area contributed by atoms with Gasteiger partial charge in [0, 0.05) is 10.5 Å². The van der Waals surface area contributed by atoms with Crippen LogP contribution in [-0.2, 0) is 16.3 Å². The van der Waals surface area contributed by atoms with Crippen LogP contribution in [0.5, 0.6) is 0 Å². The van der Waals surface area contributed by atoms with Gasteiger partial charge in [0.15, 0.2) is 4.67 Å². The summed E-state index contributed by atoms with van der Waals surface area (Å²) in [6.07, 6.45) is 19.9. The zero-order valence-electron chi connectivity index (χ0n) is 19.2. The van der Waals surface area contributed by atoms with E-state index in [4.69, 9.17) is 16.3 Å². The van der Waals surface area contributed by atoms with Crippen LogP contribution in [0.15, 0.2) is 38.0 Å². The van der Waals surface area contributed by atoms with E-state index >= 15 is 0 Å². The Morgan fingerprint density at radius 1 is 0.759 bits per heavy atom. The maximum atomic E-state index is 6.81. The predicted molar refractivity (Wildman–Crippen MR) is 145 cm³/mol. The Balaban J connectivity index is 5.52. The molecule has 0 spiro atoms. The summed E-state index contributed by atoms with van der Waals surface area (Å²) in [6.45, 7) is 18.7. The van der Waals surface area contributed by atoms with Crippen molar-refractivity contribution in [3.05, 3.63) is 38.0 Å². The van der Waals surface area contributed by atoms with Gasteiger partial charge in [-0.25, -0.2) is 0 Å². The molecule has 3 atom stereocenters. The summed E-state index contributed by atoms with van der Waals surface area (Å²) in [7, 11) is 0. The largest absolute Gasteiger partial charge is 0.330 e. The first-order valence-corrected chi connectivity index (χ1v) is 17.1. The molecule has 0 aromatic heterocycles. The Bertz CT molecular complexity index is 414. The van der Waals surface area contributed by atoms with Gasteiger partial charge in [0.25, 0.3) is 0 Å². The van der Waals surface area contributed by atoms with Crippen LogP contribution in [0, 0.1) is 0 Å². The van der Waals surface area contributed by atoms with Crippen LogP contribution in [0.1, 0.15) is 97.8 Å². The fraction of sp³-hybridized carbons (Fsp3) is 0.750. The summed E-state index contributed by atoms with van der Waals surface area (Å²) in [4.78, 5) is 0. The second-order valence-corrected chi connectivity index (χ2v) is 18.5. The van der Waals surface area contributed by atoms with Gasteiger partial charge in [0.1, 0.15) is 0 Å². The Labute approximate surface area is 195 Å². The third-order valence-electron chi connectivity index (χ3n) is 4.76. The molecule has 0 rings (SSSR count). The Hall–Kier alpha value is 0.530. The van der Waals surface area contributed by atoms with Gasteiger partial charge in [-0.15, -0.1) is 19.7 Å². The molecule has 1 nitrogen and oxygen atoms in total. The average Bonchev–Trinajstić information content (AvgIpc) is 2.69. The van der Waals surface area contributed by atoms with Gasteiger partial charge in [-0.3, -0.25) is 0 Å². The zero-order valence-corrected chi connectivity index (χ0v) is 22.5. The van der Waals surface area contributed by atoms with E-state index in [1.54, 1.807) is 0 Å². The van der Waals surface area contributed by atoms with Crippen molar-refractivity contribution in [2.24, 2.45) is 0 Å². The van der Waals surface area contributed by atoms with Gasteiger partial charge < -0.3 is 4.52 Å². The van der Waals surface area contributed by atoms with Crippen LogP contribution < -0.4 is 0 Å². The highest BCUT2D eigenvalue weighted by Crippen LogP contribution is 2.74. The molecule has 0 aromatic carbocycles. The lowest BCUT2D eigenvalue weighted by Crippen LogP contribution is -2.12. The zero-order chi connectivity index (χ0) is 22.0. The van der Waals surface area contributed by atoms with Crippen molar-refractivity contribution in [1.82, 2.24) is 0 Å².